The van der Waals surface area contributed by atoms with E-state index in [9.17, 15) is 4.39 Å². The van der Waals surface area contributed by atoms with Crippen LogP contribution in [-0.4, -0.2) is 66.6 Å². The molecule has 0 unspecified atom stereocenters. The van der Waals surface area contributed by atoms with E-state index in [-0.39, 0.29) is 29.8 Å². The number of nitrogens with one attached hydrogen (secondary N) is 2. The molecule has 0 spiro atoms. The number of anilines is 1. The molecule has 1 aliphatic rings. The predicted octanol–water partition coefficient (Wildman–Crippen LogP) is 2.11. The maximum atomic E-state index is 13.3. The van der Waals surface area contributed by atoms with Crippen LogP contribution in [0, 0.1) is 5.82 Å². The first kappa shape index (κ1) is 23.3. The van der Waals surface area contributed by atoms with Gasteiger partial charge in [0, 0.05) is 58.2 Å². The lowest BCUT2D eigenvalue weighted by Gasteiger charge is -2.34. The molecule has 158 valence electrons. The van der Waals surface area contributed by atoms with Crippen LogP contribution in [0.25, 0.3) is 0 Å². The second-order valence-electron chi connectivity index (χ2n) is 6.63. The lowest BCUT2D eigenvalue weighted by Crippen LogP contribution is -2.49. The van der Waals surface area contributed by atoms with Gasteiger partial charge in [0.2, 0.25) is 5.95 Å². The Morgan fingerprint density at radius 2 is 1.86 bits per heavy atom. The van der Waals surface area contributed by atoms with Crippen molar-refractivity contribution >= 4 is 35.9 Å². The third kappa shape index (κ3) is 7.73. The summed E-state index contributed by atoms with van der Waals surface area (Å²) in [4.78, 5) is 17.8. The Kier molecular flexibility index (Phi) is 10.1. The largest absolute Gasteiger partial charge is 0.357 e. The molecular weight excluding hydrogens is 484 g/mol. The number of benzene rings is 1. The van der Waals surface area contributed by atoms with E-state index in [1.54, 1.807) is 18.5 Å². The van der Waals surface area contributed by atoms with Crippen molar-refractivity contribution in [2.24, 2.45) is 4.99 Å². The highest BCUT2D eigenvalue weighted by Gasteiger charge is 2.18. The lowest BCUT2D eigenvalue weighted by molar-refractivity contribution is 0.260. The van der Waals surface area contributed by atoms with E-state index in [0.29, 0.717) is 6.54 Å². The van der Waals surface area contributed by atoms with Crippen LogP contribution in [0.1, 0.15) is 12.5 Å². The second kappa shape index (κ2) is 12.5. The minimum atomic E-state index is -0.231. The minimum absolute atomic E-state index is 0. The van der Waals surface area contributed by atoms with Crippen molar-refractivity contribution in [3.8, 4) is 0 Å². The van der Waals surface area contributed by atoms with Crippen LogP contribution in [0.3, 0.4) is 0 Å². The van der Waals surface area contributed by atoms with Crippen molar-refractivity contribution in [3.05, 3.63) is 54.1 Å². The zero-order valence-electron chi connectivity index (χ0n) is 16.7. The number of nitrogens with zero attached hydrogens (tertiary/aromatic N) is 5. The van der Waals surface area contributed by atoms with Gasteiger partial charge in [0.25, 0.3) is 0 Å². The van der Waals surface area contributed by atoms with E-state index >= 15 is 0 Å². The fourth-order valence-corrected chi connectivity index (χ4v) is 3.11. The molecule has 0 bridgehead atoms. The van der Waals surface area contributed by atoms with Crippen LogP contribution < -0.4 is 15.5 Å². The Hall–Kier alpha value is -2.01. The van der Waals surface area contributed by atoms with E-state index in [4.69, 9.17) is 0 Å². The molecule has 1 saturated heterocycles. The topological polar surface area (TPSA) is 68.7 Å². The van der Waals surface area contributed by atoms with Crippen molar-refractivity contribution < 1.29 is 4.39 Å². The van der Waals surface area contributed by atoms with Crippen molar-refractivity contribution in [3.63, 3.8) is 0 Å². The summed E-state index contributed by atoms with van der Waals surface area (Å²) >= 11 is 0. The van der Waals surface area contributed by atoms with E-state index in [2.05, 4.69) is 35.4 Å². The number of rotatable bonds is 7. The second-order valence-corrected chi connectivity index (χ2v) is 6.63. The summed E-state index contributed by atoms with van der Waals surface area (Å²) in [6, 6.07) is 8.39. The highest BCUT2D eigenvalue weighted by molar-refractivity contribution is 14.0. The van der Waals surface area contributed by atoms with Gasteiger partial charge in [-0.15, -0.1) is 24.0 Å². The van der Waals surface area contributed by atoms with Gasteiger partial charge in [0.1, 0.15) is 5.82 Å². The summed E-state index contributed by atoms with van der Waals surface area (Å²) in [5.41, 5.74) is 0.858. The number of piperazine rings is 1. The smallest absolute Gasteiger partial charge is 0.225 e. The van der Waals surface area contributed by atoms with Crippen LogP contribution in [-0.2, 0) is 6.54 Å². The van der Waals surface area contributed by atoms with Gasteiger partial charge in [0.15, 0.2) is 5.96 Å². The highest BCUT2D eigenvalue weighted by Crippen LogP contribution is 2.09. The minimum Gasteiger partial charge on any atom is -0.357 e. The van der Waals surface area contributed by atoms with E-state index in [0.717, 1.165) is 63.3 Å². The zero-order chi connectivity index (χ0) is 19.6. The molecule has 2 heterocycles. The van der Waals surface area contributed by atoms with Crippen molar-refractivity contribution in [1.29, 1.82) is 0 Å². The van der Waals surface area contributed by atoms with Gasteiger partial charge >= 0.3 is 0 Å². The molecule has 9 heteroatoms. The third-order valence-corrected chi connectivity index (χ3v) is 4.58. The normalized spacial score (nSPS) is 15.0. The standard InChI is InChI=1S/C20H28FN7.HI/c1-2-22-19(26-16-17-5-3-6-18(21)15-17)23-9-10-27-11-13-28(14-12-27)20-24-7-4-8-25-20;/h3-8,15H,2,9-14,16H2,1H3,(H2,22,23,26);1H. The van der Waals surface area contributed by atoms with Gasteiger partial charge in [-0.25, -0.2) is 19.4 Å². The fraction of sp³-hybridized carbons (Fsp3) is 0.450. The first-order chi connectivity index (χ1) is 13.7. The Morgan fingerprint density at radius 1 is 1.10 bits per heavy atom. The van der Waals surface area contributed by atoms with Crippen LogP contribution >= 0.6 is 24.0 Å². The monoisotopic (exact) mass is 513 g/mol. The molecule has 0 radical (unpaired) electrons. The summed E-state index contributed by atoms with van der Waals surface area (Å²) < 4.78 is 13.3. The molecule has 1 aliphatic heterocycles. The summed E-state index contributed by atoms with van der Waals surface area (Å²) in [6.07, 6.45) is 3.56. The van der Waals surface area contributed by atoms with Gasteiger partial charge < -0.3 is 15.5 Å². The molecule has 1 aromatic carbocycles. The van der Waals surface area contributed by atoms with Gasteiger partial charge in [-0.05, 0) is 30.7 Å². The zero-order valence-corrected chi connectivity index (χ0v) is 19.1. The van der Waals surface area contributed by atoms with Gasteiger partial charge in [-0.1, -0.05) is 12.1 Å². The Balaban J connectivity index is 0.00000300. The number of aromatic nitrogens is 2. The fourth-order valence-electron chi connectivity index (χ4n) is 3.11. The van der Waals surface area contributed by atoms with Crippen LogP contribution in [0.4, 0.5) is 10.3 Å². The quantitative estimate of drug-likeness (QED) is 0.336. The molecule has 0 atom stereocenters. The first-order valence-electron chi connectivity index (χ1n) is 9.75. The number of guanidine groups is 1. The average Bonchev–Trinajstić information content (AvgIpc) is 2.73. The molecule has 2 aromatic rings. The van der Waals surface area contributed by atoms with Gasteiger partial charge in [-0.3, -0.25) is 4.90 Å². The number of aliphatic imine (C=N–C) groups is 1. The van der Waals surface area contributed by atoms with E-state index < -0.39 is 0 Å². The lowest BCUT2D eigenvalue weighted by atomic mass is 10.2. The summed E-state index contributed by atoms with van der Waals surface area (Å²) in [7, 11) is 0. The SMILES string of the molecule is CCNC(=NCc1cccc(F)c1)NCCN1CCN(c2ncccn2)CC1.I. The molecule has 0 amide bonds. The third-order valence-electron chi connectivity index (χ3n) is 4.58. The van der Waals surface area contributed by atoms with E-state index in [1.165, 1.54) is 12.1 Å². The summed E-state index contributed by atoms with van der Waals surface area (Å²) in [5, 5.41) is 6.60. The predicted molar refractivity (Wildman–Crippen MR) is 125 cm³/mol. The molecule has 2 N–H and O–H groups in total. The maximum Gasteiger partial charge on any atom is 0.225 e. The molecule has 29 heavy (non-hydrogen) atoms. The highest BCUT2D eigenvalue weighted by atomic mass is 127. The van der Waals surface area contributed by atoms with Crippen LogP contribution in [0.2, 0.25) is 0 Å². The van der Waals surface area contributed by atoms with Crippen molar-refractivity contribution in [1.82, 2.24) is 25.5 Å². The maximum absolute atomic E-state index is 13.3. The molecular formula is C20H29FIN7. The molecule has 1 aromatic heterocycles. The molecule has 1 fully saturated rings. The molecule has 0 aliphatic carbocycles. The summed E-state index contributed by atoms with van der Waals surface area (Å²) in [6.45, 7) is 8.83. The van der Waals surface area contributed by atoms with Gasteiger partial charge in [0.05, 0.1) is 6.54 Å². The summed E-state index contributed by atoms with van der Waals surface area (Å²) in [5.74, 6) is 1.33. The molecule has 7 nitrogen and oxygen atoms in total. The molecule has 0 saturated carbocycles. The average molecular weight is 513 g/mol. The Bertz CT molecular complexity index is 752. The van der Waals surface area contributed by atoms with Crippen LogP contribution in [0.5, 0.6) is 0 Å². The molecule has 3 rings (SSSR count). The van der Waals surface area contributed by atoms with Crippen molar-refractivity contribution in [2.45, 2.75) is 13.5 Å². The first-order valence-corrected chi connectivity index (χ1v) is 9.75. The Morgan fingerprint density at radius 3 is 2.55 bits per heavy atom. The number of hydrogen-bond donors (Lipinski definition) is 2. The number of halogens is 2. The van der Waals surface area contributed by atoms with E-state index in [1.807, 2.05) is 19.1 Å². The Labute approximate surface area is 188 Å². The number of hydrogen-bond acceptors (Lipinski definition) is 5. The van der Waals surface area contributed by atoms with Crippen LogP contribution in [0.15, 0.2) is 47.7 Å². The van der Waals surface area contributed by atoms with Gasteiger partial charge in [-0.2, -0.15) is 0 Å². The van der Waals surface area contributed by atoms with Crippen molar-refractivity contribution in [2.75, 3.05) is 50.7 Å².